The molecule has 1 aromatic carbocycles. The topological polar surface area (TPSA) is 81.4 Å². The predicted octanol–water partition coefficient (Wildman–Crippen LogP) is 1.50. The molecule has 0 radical (unpaired) electrons. The molecule has 1 fully saturated rings. The Labute approximate surface area is 124 Å². The molecule has 1 aliphatic carbocycles. The van der Waals surface area contributed by atoms with Crippen LogP contribution in [0.1, 0.15) is 18.4 Å². The smallest absolute Gasteiger partial charge is 0.242 e. The fourth-order valence-electron chi connectivity index (χ4n) is 1.74. The van der Waals surface area contributed by atoms with Crippen LogP contribution in [0.15, 0.2) is 23.1 Å². The van der Waals surface area contributed by atoms with Crippen LogP contribution >= 0.6 is 11.6 Å². The minimum Gasteiger partial charge on any atom is -0.380 e. The van der Waals surface area contributed by atoms with E-state index in [0.29, 0.717) is 19.1 Å². The van der Waals surface area contributed by atoms with Crippen molar-refractivity contribution in [2.75, 3.05) is 19.8 Å². The predicted molar refractivity (Wildman–Crippen MR) is 78.1 cm³/mol. The standard InChI is InChI=1S/C13H19ClN2O3S/c14-12-4-3-11(8-15)7-13(12)20(17,18)16-5-6-19-9-10-1-2-10/h3-4,7,10,16H,1-2,5-6,8-9,15H2. The highest BCUT2D eigenvalue weighted by Crippen LogP contribution is 2.28. The first kappa shape index (κ1) is 15.7. The van der Waals surface area contributed by atoms with Crippen LogP contribution in [-0.2, 0) is 21.3 Å². The van der Waals surface area contributed by atoms with Crippen molar-refractivity contribution in [2.24, 2.45) is 11.7 Å². The van der Waals surface area contributed by atoms with Gasteiger partial charge in [-0.15, -0.1) is 0 Å². The Bertz CT molecular complexity index is 559. The van der Waals surface area contributed by atoms with Gasteiger partial charge in [0.05, 0.1) is 11.6 Å². The number of rotatable bonds is 8. The van der Waals surface area contributed by atoms with E-state index in [9.17, 15) is 8.42 Å². The number of halogens is 1. The van der Waals surface area contributed by atoms with Crippen molar-refractivity contribution in [3.63, 3.8) is 0 Å². The second-order valence-corrected chi connectivity index (χ2v) is 7.03. The molecule has 0 heterocycles. The van der Waals surface area contributed by atoms with E-state index in [1.807, 2.05) is 0 Å². The fourth-order valence-corrected chi connectivity index (χ4v) is 3.30. The van der Waals surface area contributed by atoms with Gasteiger partial charge in [-0.3, -0.25) is 0 Å². The first-order valence-corrected chi connectivity index (χ1v) is 8.45. The number of hydrogen-bond donors (Lipinski definition) is 2. The molecule has 0 aromatic heterocycles. The van der Waals surface area contributed by atoms with Crippen LogP contribution in [0.5, 0.6) is 0 Å². The van der Waals surface area contributed by atoms with Gasteiger partial charge >= 0.3 is 0 Å². The van der Waals surface area contributed by atoms with Gasteiger partial charge in [-0.25, -0.2) is 13.1 Å². The minimum atomic E-state index is -3.63. The molecule has 1 saturated carbocycles. The Kier molecular flexibility index (Phi) is 5.40. The highest BCUT2D eigenvalue weighted by atomic mass is 35.5. The fraction of sp³-hybridized carbons (Fsp3) is 0.538. The van der Waals surface area contributed by atoms with Crippen LogP contribution in [0.2, 0.25) is 5.02 Å². The van der Waals surface area contributed by atoms with Crippen molar-refractivity contribution in [1.82, 2.24) is 4.72 Å². The molecule has 5 nitrogen and oxygen atoms in total. The number of benzene rings is 1. The third kappa shape index (κ3) is 4.43. The molecule has 1 aromatic rings. The van der Waals surface area contributed by atoms with Gasteiger partial charge in [0.2, 0.25) is 10.0 Å². The third-order valence-electron chi connectivity index (χ3n) is 3.11. The number of sulfonamides is 1. The maximum Gasteiger partial charge on any atom is 0.242 e. The molecule has 20 heavy (non-hydrogen) atoms. The number of nitrogens with one attached hydrogen (secondary N) is 1. The van der Waals surface area contributed by atoms with Gasteiger partial charge in [-0.1, -0.05) is 17.7 Å². The molecule has 0 amide bonds. The van der Waals surface area contributed by atoms with E-state index in [0.717, 1.165) is 5.56 Å². The van der Waals surface area contributed by atoms with Gasteiger partial charge in [0.1, 0.15) is 4.90 Å². The molecular weight excluding hydrogens is 300 g/mol. The van der Waals surface area contributed by atoms with Crippen LogP contribution in [0.3, 0.4) is 0 Å². The second-order valence-electron chi connectivity index (χ2n) is 4.88. The van der Waals surface area contributed by atoms with Gasteiger partial charge in [-0.2, -0.15) is 0 Å². The van der Waals surface area contributed by atoms with Crippen LogP contribution in [0.25, 0.3) is 0 Å². The summed E-state index contributed by atoms with van der Waals surface area (Å²) in [5.41, 5.74) is 6.23. The Morgan fingerprint density at radius 2 is 2.15 bits per heavy atom. The average molecular weight is 319 g/mol. The van der Waals surface area contributed by atoms with Crippen molar-refractivity contribution in [3.05, 3.63) is 28.8 Å². The van der Waals surface area contributed by atoms with Crippen molar-refractivity contribution in [2.45, 2.75) is 24.3 Å². The van der Waals surface area contributed by atoms with E-state index in [1.165, 1.54) is 18.9 Å². The van der Waals surface area contributed by atoms with Gasteiger partial charge in [0, 0.05) is 19.7 Å². The van der Waals surface area contributed by atoms with Crippen molar-refractivity contribution >= 4 is 21.6 Å². The third-order valence-corrected chi connectivity index (χ3v) is 5.05. The molecule has 0 atom stereocenters. The molecule has 112 valence electrons. The molecule has 1 aliphatic rings. The summed E-state index contributed by atoms with van der Waals surface area (Å²) < 4.78 is 32.1. The monoisotopic (exact) mass is 318 g/mol. The Hall–Kier alpha value is -0.660. The van der Waals surface area contributed by atoms with E-state index in [-0.39, 0.29) is 23.0 Å². The largest absolute Gasteiger partial charge is 0.380 e. The summed E-state index contributed by atoms with van der Waals surface area (Å²) in [5.74, 6) is 0.669. The van der Waals surface area contributed by atoms with E-state index >= 15 is 0 Å². The van der Waals surface area contributed by atoms with Crippen LogP contribution < -0.4 is 10.5 Å². The van der Waals surface area contributed by atoms with E-state index in [2.05, 4.69) is 4.72 Å². The first-order chi connectivity index (χ1) is 9.53. The summed E-state index contributed by atoms with van der Waals surface area (Å²) in [6, 6.07) is 4.75. The summed E-state index contributed by atoms with van der Waals surface area (Å²) in [6.45, 7) is 1.58. The zero-order valence-electron chi connectivity index (χ0n) is 11.1. The number of nitrogens with two attached hydrogens (primary N) is 1. The highest BCUT2D eigenvalue weighted by Gasteiger charge is 2.21. The normalized spacial score (nSPS) is 15.5. The van der Waals surface area contributed by atoms with Crippen LogP contribution in [0, 0.1) is 5.92 Å². The molecule has 0 saturated heterocycles. The first-order valence-electron chi connectivity index (χ1n) is 6.59. The lowest BCUT2D eigenvalue weighted by atomic mass is 10.2. The number of ether oxygens (including phenoxy) is 1. The van der Waals surface area contributed by atoms with Gasteiger partial charge < -0.3 is 10.5 Å². The molecule has 3 N–H and O–H groups in total. The average Bonchev–Trinajstić information content (AvgIpc) is 3.23. The zero-order chi connectivity index (χ0) is 14.6. The SMILES string of the molecule is NCc1ccc(Cl)c(S(=O)(=O)NCCOCC2CC2)c1. The lowest BCUT2D eigenvalue weighted by Gasteiger charge is -2.10. The minimum absolute atomic E-state index is 0.0595. The molecule has 0 spiro atoms. The molecular formula is C13H19ClN2O3S. The van der Waals surface area contributed by atoms with E-state index < -0.39 is 10.0 Å². The van der Waals surface area contributed by atoms with Gasteiger partial charge in [0.15, 0.2) is 0 Å². The summed E-state index contributed by atoms with van der Waals surface area (Å²) in [5, 5.41) is 0.189. The molecule has 0 bridgehead atoms. The summed E-state index contributed by atoms with van der Waals surface area (Å²) in [6.07, 6.45) is 2.43. The van der Waals surface area contributed by atoms with E-state index in [1.54, 1.807) is 12.1 Å². The molecule has 0 unspecified atom stereocenters. The lowest BCUT2D eigenvalue weighted by Crippen LogP contribution is -2.28. The lowest BCUT2D eigenvalue weighted by molar-refractivity contribution is 0.129. The van der Waals surface area contributed by atoms with Crippen LogP contribution in [0.4, 0.5) is 0 Å². The Morgan fingerprint density at radius 3 is 2.80 bits per heavy atom. The van der Waals surface area contributed by atoms with E-state index in [4.69, 9.17) is 22.1 Å². The van der Waals surface area contributed by atoms with Crippen molar-refractivity contribution in [3.8, 4) is 0 Å². The highest BCUT2D eigenvalue weighted by molar-refractivity contribution is 7.89. The Balaban J connectivity index is 1.91. The summed E-state index contributed by atoms with van der Waals surface area (Å²) in [4.78, 5) is 0.0595. The molecule has 0 aliphatic heterocycles. The quantitative estimate of drug-likeness (QED) is 0.712. The van der Waals surface area contributed by atoms with Gasteiger partial charge in [0.25, 0.3) is 0 Å². The number of hydrogen-bond acceptors (Lipinski definition) is 4. The molecule has 2 rings (SSSR count). The van der Waals surface area contributed by atoms with Crippen LogP contribution in [-0.4, -0.2) is 28.2 Å². The van der Waals surface area contributed by atoms with Crippen molar-refractivity contribution < 1.29 is 13.2 Å². The Morgan fingerprint density at radius 1 is 1.40 bits per heavy atom. The summed E-state index contributed by atoms with van der Waals surface area (Å²) in [7, 11) is -3.63. The maximum absolute atomic E-state index is 12.1. The summed E-state index contributed by atoms with van der Waals surface area (Å²) >= 11 is 5.94. The second kappa shape index (κ2) is 6.87. The molecule has 7 heteroatoms. The maximum atomic E-state index is 12.1. The zero-order valence-corrected chi connectivity index (χ0v) is 12.7. The van der Waals surface area contributed by atoms with Crippen molar-refractivity contribution in [1.29, 1.82) is 0 Å². The van der Waals surface area contributed by atoms with Gasteiger partial charge in [-0.05, 0) is 36.5 Å².